The van der Waals surface area contributed by atoms with E-state index in [1.54, 1.807) is 30.2 Å². The number of carbonyl (C=O) groups excluding carboxylic acids is 1. The third-order valence-corrected chi connectivity index (χ3v) is 5.62. The summed E-state index contributed by atoms with van der Waals surface area (Å²) in [7, 11) is 1.59. The van der Waals surface area contributed by atoms with Gasteiger partial charge in [0.05, 0.1) is 23.2 Å². The van der Waals surface area contributed by atoms with Gasteiger partial charge in [-0.3, -0.25) is 14.5 Å². The van der Waals surface area contributed by atoms with Crippen molar-refractivity contribution in [3.63, 3.8) is 0 Å². The molecule has 0 atom stereocenters. The maximum absolute atomic E-state index is 13.2. The third kappa shape index (κ3) is 3.79. The van der Waals surface area contributed by atoms with Gasteiger partial charge in [-0.15, -0.1) is 17.9 Å². The van der Waals surface area contributed by atoms with Crippen LogP contribution in [0.3, 0.4) is 0 Å². The van der Waals surface area contributed by atoms with E-state index >= 15 is 0 Å². The van der Waals surface area contributed by atoms with Crippen molar-refractivity contribution in [3.05, 3.63) is 88.7 Å². The Labute approximate surface area is 177 Å². The Hall–Kier alpha value is -3.58. The molecule has 1 amide bonds. The molecule has 2 heterocycles. The molecule has 2 aromatic carbocycles. The zero-order chi connectivity index (χ0) is 21.1. The number of amides is 1. The van der Waals surface area contributed by atoms with E-state index in [1.165, 1.54) is 16.0 Å². The molecule has 0 saturated heterocycles. The van der Waals surface area contributed by atoms with Crippen LogP contribution >= 0.6 is 11.3 Å². The van der Waals surface area contributed by atoms with Gasteiger partial charge in [-0.25, -0.2) is 9.67 Å². The number of hydrogen-bond acceptors (Lipinski definition) is 5. The van der Waals surface area contributed by atoms with Crippen molar-refractivity contribution >= 4 is 33.1 Å². The Balaban J connectivity index is 1.67. The van der Waals surface area contributed by atoms with Crippen molar-refractivity contribution in [3.8, 4) is 11.3 Å². The molecule has 7 heteroatoms. The summed E-state index contributed by atoms with van der Waals surface area (Å²) < 4.78 is 1.28. The Morgan fingerprint density at radius 2 is 1.83 bits per heavy atom. The number of anilines is 1. The standard InChI is InChI=1S/C23H20N4O2S/c1-3-13-27(23-24-20(15-30-23)16-9-5-4-6-10-16)21(28)14-19-17-11-7-8-12-18(17)22(29)26(2)25-19/h3-12,15H,1,13-14H2,2H3. The quantitative estimate of drug-likeness (QED) is 0.448. The van der Waals surface area contributed by atoms with Crippen molar-refractivity contribution in [1.29, 1.82) is 0 Å². The Morgan fingerprint density at radius 1 is 1.13 bits per heavy atom. The zero-order valence-electron chi connectivity index (χ0n) is 16.5. The number of aromatic nitrogens is 3. The third-order valence-electron chi connectivity index (χ3n) is 4.76. The predicted molar refractivity (Wildman–Crippen MR) is 121 cm³/mol. The van der Waals surface area contributed by atoms with E-state index < -0.39 is 0 Å². The van der Waals surface area contributed by atoms with Crippen LogP contribution in [-0.4, -0.2) is 27.2 Å². The van der Waals surface area contributed by atoms with Crippen LogP contribution in [0.1, 0.15) is 5.69 Å². The van der Waals surface area contributed by atoms with Crippen LogP contribution in [0, 0.1) is 0 Å². The second kappa shape index (κ2) is 8.42. The van der Waals surface area contributed by atoms with Gasteiger partial charge >= 0.3 is 0 Å². The van der Waals surface area contributed by atoms with Crippen LogP contribution in [0.5, 0.6) is 0 Å². The van der Waals surface area contributed by atoms with Gasteiger partial charge in [0, 0.05) is 29.9 Å². The summed E-state index contributed by atoms with van der Waals surface area (Å²) in [5, 5.41) is 8.13. The molecule has 6 nitrogen and oxygen atoms in total. The molecule has 2 aromatic heterocycles. The van der Waals surface area contributed by atoms with Gasteiger partial charge < -0.3 is 0 Å². The first kappa shape index (κ1) is 19.7. The van der Waals surface area contributed by atoms with E-state index in [0.717, 1.165) is 11.3 Å². The molecule has 150 valence electrons. The van der Waals surface area contributed by atoms with Gasteiger partial charge in [-0.1, -0.05) is 54.6 Å². The molecule has 0 aliphatic heterocycles. The summed E-state index contributed by atoms with van der Waals surface area (Å²) in [6.45, 7) is 4.12. The van der Waals surface area contributed by atoms with Crippen molar-refractivity contribution in [2.45, 2.75) is 6.42 Å². The molecule has 4 rings (SSSR count). The molecule has 0 bridgehead atoms. The van der Waals surface area contributed by atoms with Gasteiger partial charge in [-0.2, -0.15) is 5.10 Å². The summed E-state index contributed by atoms with van der Waals surface area (Å²) in [6, 6.07) is 17.1. The van der Waals surface area contributed by atoms with E-state index in [0.29, 0.717) is 28.1 Å². The topological polar surface area (TPSA) is 68.1 Å². The van der Waals surface area contributed by atoms with E-state index in [2.05, 4.69) is 16.7 Å². The zero-order valence-corrected chi connectivity index (χ0v) is 17.3. The largest absolute Gasteiger partial charge is 0.284 e. The molecule has 0 spiro atoms. The monoisotopic (exact) mass is 416 g/mol. The summed E-state index contributed by atoms with van der Waals surface area (Å²) >= 11 is 1.41. The van der Waals surface area contributed by atoms with Crippen LogP contribution in [0.25, 0.3) is 22.0 Å². The van der Waals surface area contributed by atoms with Gasteiger partial charge in [0.1, 0.15) is 0 Å². The van der Waals surface area contributed by atoms with Crippen LogP contribution < -0.4 is 10.5 Å². The number of thiazole rings is 1. The van der Waals surface area contributed by atoms with E-state index in [9.17, 15) is 9.59 Å². The first-order valence-corrected chi connectivity index (χ1v) is 10.3. The minimum absolute atomic E-state index is 0.0583. The lowest BCUT2D eigenvalue weighted by molar-refractivity contribution is -0.117. The molecular weight excluding hydrogens is 396 g/mol. The average molecular weight is 417 g/mol. The number of fused-ring (bicyclic) bond motifs is 1. The number of rotatable bonds is 6. The number of carbonyl (C=O) groups is 1. The van der Waals surface area contributed by atoms with Gasteiger partial charge in [0.2, 0.25) is 5.91 Å². The average Bonchev–Trinajstić information content (AvgIpc) is 3.26. The van der Waals surface area contributed by atoms with E-state index in [-0.39, 0.29) is 17.9 Å². The van der Waals surface area contributed by atoms with Crippen molar-refractivity contribution < 1.29 is 4.79 Å². The van der Waals surface area contributed by atoms with Gasteiger partial charge in [0.25, 0.3) is 5.56 Å². The summed E-state index contributed by atoms with van der Waals surface area (Å²) in [4.78, 5) is 31.8. The van der Waals surface area contributed by atoms with Crippen LogP contribution in [0.2, 0.25) is 0 Å². The molecule has 0 N–H and O–H groups in total. The molecular formula is C23H20N4O2S. The summed E-state index contributed by atoms with van der Waals surface area (Å²) in [5.74, 6) is -0.153. The minimum Gasteiger partial charge on any atom is -0.284 e. The lowest BCUT2D eigenvalue weighted by Gasteiger charge is -2.18. The molecule has 0 fully saturated rings. The fourth-order valence-corrected chi connectivity index (χ4v) is 4.15. The second-order valence-electron chi connectivity index (χ2n) is 6.77. The Bertz CT molecular complexity index is 1280. The fourth-order valence-electron chi connectivity index (χ4n) is 3.29. The van der Waals surface area contributed by atoms with E-state index in [4.69, 9.17) is 0 Å². The molecule has 30 heavy (non-hydrogen) atoms. The molecule has 4 aromatic rings. The first-order chi connectivity index (χ1) is 14.6. The molecule has 0 unspecified atom stereocenters. The summed E-state index contributed by atoms with van der Waals surface area (Å²) in [5.41, 5.74) is 2.20. The van der Waals surface area contributed by atoms with Crippen molar-refractivity contribution in [2.75, 3.05) is 11.4 Å². The maximum Gasteiger partial charge on any atom is 0.274 e. The van der Waals surface area contributed by atoms with Gasteiger partial charge in [-0.05, 0) is 6.07 Å². The predicted octanol–water partition coefficient (Wildman–Crippen LogP) is 3.82. The SMILES string of the molecule is C=CCN(C(=O)Cc1nn(C)c(=O)c2ccccc12)c1nc(-c2ccccc2)cs1. The Kier molecular flexibility index (Phi) is 5.54. The second-order valence-corrected chi connectivity index (χ2v) is 7.61. The highest BCUT2D eigenvalue weighted by Crippen LogP contribution is 2.28. The highest BCUT2D eigenvalue weighted by atomic mass is 32.1. The van der Waals surface area contributed by atoms with Crippen molar-refractivity contribution in [1.82, 2.24) is 14.8 Å². The number of hydrogen-bond donors (Lipinski definition) is 0. The summed E-state index contributed by atoms with van der Waals surface area (Å²) in [6.07, 6.45) is 1.73. The molecule has 0 radical (unpaired) electrons. The van der Waals surface area contributed by atoms with Crippen LogP contribution in [-0.2, 0) is 18.3 Å². The molecule has 0 saturated carbocycles. The number of aryl methyl sites for hydroxylation is 1. The van der Waals surface area contributed by atoms with Gasteiger partial charge in [0.15, 0.2) is 5.13 Å². The molecule has 0 aliphatic carbocycles. The highest BCUT2D eigenvalue weighted by Gasteiger charge is 2.21. The number of benzene rings is 2. The Morgan fingerprint density at radius 3 is 2.57 bits per heavy atom. The number of nitrogens with zero attached hydrogens (tertiary/aromatic N) is 4. The van der Waals surface area contributed by atoms with Crippen LogP contribution in [0.15, 0.2) is 77.4 Å². The highest BCUT2D eigenvalue weighted by molar-refractivity contribution is 7.14. The fraction of sp³-hybridized carbons (Fsp3) is 0.130. The van der Waals surface area contributed by atoms with E-state index in [1.807, 2.05) is 47.8 Å². The normalized spacial score (nSPS) is 10.8. The maximum atomic E-state index is 13.2. The first-order valence-electron chi connectivity index (χ1n) is 9.45. The minimum atomic E-state index is -0.183. The molecule has 0 aliphatic rings. The van der Waals surface area contributed by atoms with Crippen LogP contribution in [0.4, 0.5) is 5.13 Å². The van der Waals surface area contributed by atoms with Crippen molar-refractivity contribution in [2.24, 2.45) is 7.05 Å². The lowest BCUT2D eigenvalue weighted by Crippen LogP contribution is -2.33. The lowest BCUT2D eigenvalue weighted by atomic mass is 10.1. The smallest absolute Gasteiger partial charge is 0.274 e.